The second-order valence-electron chi connectivity index (χ2n) is 3.67. The molecule has 0 aliphatic rings. The quantitative estimate of drug-likeness (QED) is 0.746. The Bertz CT molecular complexity index is 418. The minimum Gasteiger partial charge on any atom is -0.480 e. The SMILES string of the molecule is CCc1ccccc1NC(=O)N[C@H](C)C(=O)O. The normalized spacial score (nSPS) is 11.6. The minimum absolute atomic E-state index is 0.513. The molecule has 5 nitrogen and oxygen atoms in total. The summed E-state index contributed by atoms with van der Waals surface area (Å²) in [5.74, 6) is -1.07. The Hall–Kier alpha value is -2.04. The fraction of sp³-hybridized carbons (Fsp3) is 0.333. The highest BCUT2D eigenvalue weighted by Crippen LogP contribution is 2.14. The Kier molecular flexibility index (Phi) is 4.51. The van der Waals surface area contributed by atoms with Gasteiger partial charge in [0, 0.05) is 5.69 Å². The molecule has 0 bridgehead atoms. The molecular weight excluding hydrogens is 220 g/mol. The number of urea groups is 1. The van der Waals surface area contributed by atoms with Crippen molar-refractivity contribution in [3.05, 3.63) is 29.8 Å². The van der Waals surface area contributed by atoms with Crippen molar-refractivity contribution in [3.63, 3.8) is 0 Å². The van der Waals surface area contributed by atoms with Crippen molar-refractivity contribution in [2.24, 2.45) is 0 Å². The van der Waals surface area contributed by atoms with Gasteiger partial charge >= 0.3 is 12.0 Å². The summed E-state index contributed by atoms with van der Waals surface area (Å²) in [7, 11) is 0. The Labute approximate surface area is 99.8 Å². The van der Waals surface area contributed by atoms with E-state index in [0.717, 1.165) is 12.0 Å². The summed E-state index contributed by atoms with van der Waals surface area (Å²) in [6.07, 6.45) is 0.797. The molecule has 0 heterocycles. The van der Waals surface area contributed by atoms with Crippen LogP contribution in [0.4, 0.5) is 10.5 Å². The van der Waals surface area contributed by atoms with Gasteiger partial charge in [-0.3, -0.25) is 4.79 Å². The van der Waals surface area contributed by atoms with Crippen molar-refractivity contribution in [2.45, 2.75) is 26.3 Å². The van der Waals surface area contributed by atoms with Crippen LogP contribution in [0, 0.1) is 0 Å². The van der Waals surface area contributed by atoms with Crippen LogP contribution in [0.1, 0.15) is 19.4 Å². The number of aryl methyl sites for hydroxylation is 1. The highest BCUT2D eigenvalue weighted by molar-refractivity contribution is 5.92. The number of nitrogens with one attached hydrogen (secondary N) is 2. The predicted octanol–water partition coefficient (Wildman–Crippen LogP) is 1.84. The minimum atomic E-state index is -1.07. The Morgan fingerprint density at radius 3 is 2.59 bits per heavy atom. The lowest BCUT2D eigenvalue weighted by Gasteiger charge is -2.12. The van der Waals surface area contributed by atoms with Crippen LogP contribution in [0.25, 0.3) is 0 Å². The first kappa shape index (κ1) is 13.0. The number of rotatable bonds is 4. The lowest BCUT2D eigenvalue weighted by Crippen LogP contribution is -2.41. The predicted molar refractivity (Wildman–Crippen MR) is 65.1 cm³/mol. The molecule has 0 spiro atoms. The summed E-state index contributed by atoms with van der Waals surface area (Å²) >= 11 is 0. The van der Waals surface area contributed by atoms with Gasteiger partial charge in [-0.1, -0.05) is 25.1 Å². The molecule has 0 saturated heterocycles. The summed E-state index contributed by atoms with van der Waals surface area (Å²) in [4.78, 5) is 22.1. The number of para-hydroxylation sites is 1. The smallest absolute Gasteiger partial charge is 0.325 e. The Balaban J connectivity index is 2.65. The van der Waals surface area contributed by atoms with Crippen LogP contribution in [0.5, 0.6) is 0 Å². The van der Waals surface area contributed by atoms with E-state index in [1.807, 2.05) is 25.1 Å². The van der Waals surface area contributed by atoms with Crippen LogP contribution >= 0.6 is 0 Å². The van der Waals surface area contributed by atoms with Gasteiger partial charge in [0.25, 0.3) is 0 Å². The zero-order valence-electron chi connectivity index (χ0n) is 9.86. The molecule has 0 aliphatic heterocycles. The third-order valence-corrected chi connectivity index (χ3v) is 2.36. The molecule has 5 heteroatoms. The van der Waals surface area contributed by atoms with E-state index in [2.05, 4.69) is 10.6 Å². The van der Waals surface area contributed by atoms with E-state index < -0.39 is 18.0 Å². The first-order valence-electron chi connectivity index (χ1n) is 5.42. The number of amides is 2. The number of carboxylic acids is 1. The number of hydrogen-bond donors (Lipinski definition) is 3. The molecule has 0 fully saturated rings. The zero-order chi connectivity index (χ0) is 12.8. The number of carbonyl (C=O) groups excluding carboxylic acids is 1. The van der Waals surface area contributed by atoms with Gasteiger partial charge in [0.1, 0.15) is 6.04 Å². The zero-order valence-corrected chi connectivity index (χ0v) is 9.86. The maximum atomic E-state index is 11.5. The topological polar surface area (TPSA) is 78.4 Å². The fourth-order valence-corrected chi connectivity index (χ4v) is 1.37. The van der Waals surface area contributed by atoms with Crippen molar-refractivity contribution in [2.75, 3.05) is 5.32 Å². The van der Waals surface area contributed by atoms with E-state index in [0.29, 0.717) is 5.69 Å². The number of carbonyl (C=O) groups is 2. The van der Waals surface area contributed by atoms with Crippen molar-refractivity contribution in [1.29, 1.82) is 0 Å². The van der Waals surface area contributed by atoms with Crippen molar-refractivity contribution in [3.8, 4) is 0 Å². The van der Waals surface area contributed by atoms with E-state index in [1.54, 1.807) is 6.07 Å². The highest BCUT2D eigenvalue weighted by Gasteiger charge is 2.14. The molecule has 0 radical (unpaired) electrons. The van der Waals surface area contributed by atoms with E-state index in [4.69, 9.17) is 5.11 Å². The molecule has 2 amide bonds. The Morgan fingerprint density at radius 2 is 2.00 bits per heavy atom. The largest absolute Gasteiger partial charge is 0.480 e. The number of benzene rings is 1. The lowest BCUT2D eigenvalue weighted by molar-refractivity contribution is -0.138. The molecule has 0 aliphatic carbocycles. The van der Waals surface area contributed by atoms with E-state index in [-0.39, 0.29) is 0 Å². The van der Waals surface area contributed by atoms with E-state index in [1.165, 1.54) is 6.92 Å². The number of carboxylic acid groups (broad SMARTS) is 1. The number of anilines is 1. The van der Waals surface area contributed by atoms with Gasteiger partial charge in [-0.15, -0.1) is 0 Å². The van der Waals surface area contributed by atoms with Crippen LogP contribution < -0.4 is 10.6 Å². The standard InChI is InChI=1S/C12H16N2O3/c1-3-9-6-4-5-7-10(9)14-12(17)13-8(2)11(15)16/h4-8H,3H2,1-2H3,(H,15,16)(H2,13,14,17)/t8-/m1/s1. The first-order valence-corrected chi connectivity index (χ1v) is 5.42. The summed E-state index contributed by atoms with van der Waals surface area (Å²) < 4.78 is 0. The van der Waals surface area contributed by atoms with E-state index in [9.17, 15) is 9.59 Å². The summed E-state index contributed by atoms with van der Waals surface area (Å²) in [6.45, 7) is 3.39. The van der Waals surface area contributed by atoms with Gasteiger partial charge in [-0.05, 0) is 25.0 Å². The molecule has 0 saturated carbocycles. The summed E-state index contributed by atoms with van der Waals surface area (Å²) in [6, 6.07) is 5.97. The number of hydrogen-bond acceptors (Lipinski definition) is 2. The van der Waals surface area contributed by atoms with Gasteiger partial charge in [-0.2, -0.15) is 0 Å². The molecule has 1 aromatic carbocycles. The highest BCUT2D eigenvalue weighted by atomic mass is 16.4. The second-order valence-corrected chi connectivity index (χ2v) is 3.67. The molecule has 92 valence electrons. The van der Waals surface area contributed by atoms with Gasteiger partial charge in [0.2, 0.25) is 0 Å². The van der Waals surface area contributed by atoms with Crippen LogP contribution in [0.15, 0.2) is 24.3 Å². The monoisotopic (exact) mass is 236 g/mol. The van der Waals surface area contributed by atoms with Gasteiger partial charge in [0.05, 0.1) is 0 Å². The second kappa shape index (κ2) is 5.89. The Morgan fingerprint density at radius 1 is 1.35 bits per heavy atom. The molecule has 3 N–H and O–H groups in total. The molecular formula is C12H16N2O3. The van der Waals surface area contributed by atoms with Gasteiger partial charge < -0.3 is 15.7 Å². The van der Waals surface area contributed by atoms with Crippen LogP contribution in [0.3, 0.4) is 0 Å². The van der Waals surface area contributed by atoms with Crippen LogP contribution in [-0.2, 0) is 11.2 Å². The van der Waals surface area contributed by atoms with Crippen LogP contribution in [0.2, 0.25) is 0 Å². The summed E-state index contributed by atoms with van der Waals surface area (Å²) in [5, 5.41) is 13.6. The average molecular weight is 236 g/mol. The maximum Gasteiger partial charge on any atom is 0.325 e. The maximum absolute atomic E-state index is 11.5. The molecule has 0 aromatic heterocycles. The van der Waals surface area contributed by atoms with Crippen LogP contribution in [-0.4, -0.2) is 23.1 Å². The van der Waals surface area contributed by atoms with E-state index >= 15 is 0 Å². The molecule has 1 rings (SSSR count). The third kappa shape index (κ3) is 3.79. The first-order chi connectivity index (χ1) is 8.04. The van der Waals surface area contributed by atoms with Crippen molar-refractivity contribution >= 4 is 17.7 Å². The molecule has 0 unspecified atom stereocenters. The van der Waals surface area contributed by atoms with Crippen molar-refractivity contribution in [1.82, 2.24) is 5.32 Å². The molecule has 17 heavy (non-hydrogen) atoms. The number of aliphatic carboxylic acids is 1. The third-order valence-electron chi connectivity index (χ3n) is 2.36. The lowest BCUT2D eigenvalue weighted by atomic mass is 10.1. The average Bonchev–Trinajstić information content (AvgIpc) is 2.29. The fourth-order valence-electron chi connectivity index (χ4n) is 1.37. The molecule has 1 aromatic rings. The van der Waals surface area contributed by atoms with Crippen molar-refractivity contribution < 1.29 is 14.7 Å². The van der Waals surface area contributed by atoms with Gasteiger partial charge in [-0.25, -0.2) is 4.79 Å². The van der Waals surface area contributed by atoms with Gasteiger partial charge in [0.15, 0.2) is 0 Å². The summed E-state index contributed by atoms with van der Waals surface area (Å²) in [5.41, 5.74) is 1.70. The molecule has 1 atom stereocenters.